The topological polar surface area (TPSA) is 6.48 Å². The first-order valence-corrected chi connectivity index (χ1v) is 6.82. The second-order valence-corrected chi connectivity index (χ2v) is 5.85. The maximum atomic E-state index is 12.8. The van der Waals surface area contributed by atoms with E-state index in [1.54, 1.807) is 6.92 Å². The van der Waals surface area contributed by atoms with Crippen molar-refractivity contribution in [2.45, 2.75) is 32.1 Å². The van der Waals surface area contributed by atoms with Crippen molar-refractivity contribution >= 4 is 0 Å². The maximum absolute atomic E-state index is 12.8. The monoisotopic (exact) mass is 286 g/mol. The lowest BCUT2D eigenvalue weighted by molar-refractivity contribution is -0.137. The highest BCUT2D eigenvalue weighted by molar-refractivity contribution is 5.31. The van der Waals surface area contributed by atoms with Crippen LogP contribution in [0.1, 0.15) is 23.1 Å². The van der Waals surface area contributed by atoms with Gasteiger partial charge in [-0.1, -0.05) is 11.6 Å². The van der Waals surface area contributed by atoms with Gasteiger partial charge in [0.15, 0.2) is 0 Å². The first kappa shape index (κ1) is 15.3. The number of rotatable bonds is 3. The maximum Gasteiger partial charge on any atom is 0.416 e. The van der Waals surface area contributed by atoms with E-state index in [2.05, 4.69) is 9.80 Å². The van der Waals surface area contributed by atoms with E-state index in [0.29, 0.717) is 18.2 Å². The number of aryl methyl sites for hydroxylation is 1. The van der Waals surface area contributed by atoms with Gasteiger partial charge in [0, 0.05) is 25.7 Å². The van der Waals surface area contributed by atoms with Crippen molar-refractivity contribution in [3.63, 3.8) is 0 Å². The SMILES string of the molecule is Cc1cc(CN2CC[C@@H](N(C)C)C2)cc(C(F)(F)F)c1. The molecule has 0 radical (unpaired) electrons. The largest absolute Gasteiger partial charge is 0.416 e. The fraction of sp³-hybridized carbons (Fsp3) is 0.600. The van der Waals surface area contributed by atoms with Crippen molar-refractivity contribution in [1.29, 1.82) is 0 Å². The second-order valence-electron chi connectivity index (χ2n) is 5.85. The molecule has 0 spiro atoms. The van der Waals surface area contributed by atoms with Crippen molar-refractivity contribution in [1.82, 2.24) is 9.80 Å². The number of likely N-dealkylation sites (tertiary alicyclic amines) is 1. The molecule has 1 fully saturated rings. The van der Waals surface area contributed by atoms with Crippen LogP contribution >= 0.6 is 0 Å². The minimum atomic E-state index is -4.27. The number of hydrogen-bond donors (Lipinski definition) is 0. The van der Waals surface area contributed by atoms with Crippen molar-refractivity contribution < 1.29 is 13.2 Å². The third kappa shape index (κ3) is 3.73. The lowest BCUT2D eigenvalue weighted by atomic mass is 10.1. The highest BCUT2D eigenvalue weighted by Crippen LogP contribution is 2.31. The van der Waals surface area contributed by atoms with Crippen LogP contribution in [0.5, 0.6) is 0 Å². The summed E-state index contributed by atoms with van der Waals surface area (Å²) in [5.74, 6) is 0. The van der Waals surface area contributed by atoms with Gasteiger partial charge in [-0.05, 0) is 45.1 Å². The van der Waals surface area contributed by atoms with Gasteiger partial charge in [0.1, 0.15) is 0 Å². The average Bonchev–Trinajstić information content (AvgIpc) is 2.75. The summed E-state index contributed by atoms with van der Waals surface area (Å²) in [4.78, 5) is 4.40. The molecule has 5 heteroatoms. The Hall–Kier alpha value is -1.07. The molecule has 1 aromatic rings. The van der Waals surface area contributed by atoms with Crippen LogP contribution in [-0.4, -0.2) is 43.0 Å². The zero-order chi connectivity index (χ0) is 14.9. The number of alkyl halides is 3. The van der Waals surface area contributed by atoms with Crippen LogP contribution in [0.4, 0.5) is 13.2 Å². The molecule has 0 N–H and O–H groups in total. The molecule has 1 saturated heterocycles. The minimum absolute atomic E-state index is 0.502. The summed E-state index contributed by atoms with van der Waals surface area (Å²) < 4.78 is 38.4. The molecule has 2 nitrogen and oxygen atoms in total. The Bertz CT molecular complexity index is 469. The summed E-state index contributed by atoms with van der Waals surface area (Å²) in [6.45, 7) is 4.17. The summed E-state index contributed by atoms with van der Waals surface area (Å²) in [5, 5.41) is 0. The van der Waals surface area contributed by atoms with Gasteiger partial charge in [-0.3, -0.25) is 4.90 Å². The Morgan fingerprint density at radius 3 is 2.50 bits per heavy atom. The van der Waals surface area contributed by atoms with Gasteiger partial charge in [0.05, 0.1) is 5.56 Å². The number of nitrogens with zero attached hydrogens (tertiary/aromatic N) is 2. The van der Waals surface area contributed by atoms with Crippen molar-refractivity contribution in [3.05, 3.63) is 34.9 Å². The quantitative estimate of drug-likeness (QED) is 0.842. The normalized spacial score (nSPS) is 20.9. The van der Waals surface area contributed by atoms with Crippen LogP contribution < -0.4 is 0 Å². The molecular formula is C15H21F3N2. The molecule has 0 saturated carbocycles. The van der Waals surface area contributed by atoms with Gasteiger partial charge >= 0.3 is 6.18 Å². The summed E-state index contributed by atoms with van der Waals surface area (Å²) in [6, 6.07) is 4.83. The van der Waals surface area contributed by atoms with Crippen LogP contribution in [0.25, 0.3) is 0 Å². The van der Waals surface area contributed by atoms with Gasteiger partial charge in [-0.2, -0.15) is 13.2 Å². The highest BCUT2D eigenvalue weighted by Gasteiger charge is 2.31. The lowest BCUT2D eigenvalue weighted by Crippen LogP contribution is -2.31. The van der Waals surface area contributed by atoms with Crippen LogP contribution in [-0.2, 0) is 12.7 Å². The smallest absolute Gasteiger partial charge is 0.305 e. The summed E-state index contributed by atoms with van der Waals surface area (Å²) in [6.07, 6.45) is -3.19. The van der Waals surface area contributed by atoms with Crippen LogP contribution in [0, 0.1) is 6.92 Å². The molecule has 0 bridgehead atoms. The van der Waals surface area contributed by atoms with E-state index in [0.717, 1.165) is 25.1 Å². The van der Waals surface area contributed by atoms with Crippen LogP contribution in [0.2, 0.25) is 0 Å². The van der Waals surface area contributed by atoms with E-state index in [1.165, 1.54) is 12.1 Å². The van der Waals surface area contributed by atoms with Crippen LogP contribution in [0.15, 0.2) is 18.2 Å². The number of likely N-dealkylation sites (N-methyl/N-ethyl adjacent to an activating group) is 1. The molecule has 1 aliphatic heterocycles. The number of hydrogen-bond acceptors (Lipinski definition) is 2. The Morgan fingerprint density at radius 1 is 1.25 bits per heavy atom. The molecule has 1 aromatic carbocycles. The summed E-state index contributed by atoms with van der Waals surface area (Å²) in [7, 11) is 4.09. The van der Waals surface area contributed by atoms with E-state index >= 15 is 0 Å². The van der Waals surface area contributed by atoms with Gasteiger partial charge < -0.3 is 4.90 Å². The first-order valence-electron chi connectivity index (χ1n) is 6.82. The molecule has 112 valence electrons. The van der Waals surface area contributed by atoms with Crippen molar-refractivity contribution in [2.24, 2.45) is 0 Å². The third-order valence-electron chi connectivity index (χ3n) is 3.85. The van der Waals surface area contributed by atoms with Gasteiger partial charge in [-0.25, -0.2) is 0 Å². The lowest BCUT2D eigenvalue weighted by Gasteiger charge is -2.21. The Morgan fingerprint density at radius 2 is 1.95 bits per heavy atom. The zero-order valence-electron chi connectivity index (χ0n) is 12.2. The van der Waals surface area contributed by atoms with Gasteiger partial charge in [-0.15, -0.1) is 0 Å². The molecule has 1 atom stereocenters. The molecule has 20 heavy (non-hydrogen) atoms. The van der Waals surface area contributed by atoms with Gasteiger partial charge in [0.25, 0.3) is 0 Å². The molecule has 0 amide bonds. The second kappa shape index (κ2) is 5.74. The molecule has 2 rings (SSSR count). The fourth-order valence-corrected chi connectivity index (χ4v) is 2.75. The predicted molar refractivity (Wildman–Crippen MR) is 73.6 cm³/mol. The Kier molecular flexibility index (Phi) is 4.39. The van der Waals surface area contributed by atoms with Crippen molar-refractivity contribution in [2.75, 3.05) is 27.2 Å². The van der Waals surface area contributed by atoms with Gasteiger partial charge in [0.2, 0.25) is 0 Å². The molecule has 1 heterocycles. The molecule has 1 aliphatic rings. The third-order valence-corrected chi connectivity index (χ3v) is 3.85. The Balaban J connectivity index is 2.09. The first-order chi connectivity index (χ1) is 9.25. The van der Waals surface area contributed by atoms with E-state index in [1.807, 2.05) is 20.2 Å². The Labute approximate surface area is 118 Å². The molecule has 0 aliphatic carbocycles. The van der Waals surface area contributed by atoms with Crippen molar-refractivity contribution in [3.8, 4) is 0 Å². The van der Waals surface area contributed by atoms with E-state index in [9.17, 15) is 13.2 Å². The molecule has 0 aromatic heterocycles. The predicted octanol–water partition coefficient (Wildman–Crippen LogP) is 3.15. The summed E-state index contributed by atoms with van der Waals surface area (Å²) >= 11 is 0. The van der Waals surface area contributed by atoms with E-state index in [4.69, 9.17) is 0 Å². The average molecular weight is 286 g/mol. The van der Waals surface area contributed by atoms with E-state index in [-0.39, 0.29) is 0 Å². The van der Waals surface area contributed by atoms with E-state index < -0.39 is 11.7 Å². The zero-order valence-corrected chi connectivity index (χ0v) is 12.2. The molecule has 0 unspecified atom stereocenters. The number of benzene rings is 1. The highest BCUT2D eigenvalue weighted by atomic mass is 19.4. The fourth-order valence-electron chi connectivity index (χ4n) is 2.75. The minimum Gasteiger partial charge on any atom is -0.305 e. The molecular weight excluding hydrogens is 265 g/mol. The number of halogens is 3. The summed E-state index contributed by atoms with van der Waals surface area (Å²) in [5.41, 5.74) is 0.866. The van der Waals surface area contributed by atoms with Crippen LogP contribution in [0.3, 0.4) is 0 Å². The standard InChI is InChI=1S/C15H21F3N2/c1-11-6-12(8-13(7-11)15(16,17)18)9-20-5-4-14(10-20)19(2)3/h6-8,14H,4-5,9-10H2,1-3H3/t14-/m1/s1.